The molecule has 0 saturated heterocycles. The molecule has 0 aromatic heterocycles. The van der Waals surface area contributed by atoms with Gasteiger partial charge >= 0.3 is 6.18 Å². The normalized spacial score (nSPS) is 11.7. The molecule has 164 valence electrons. The number of carbonyl (C=O) groups excluding carboxylic acids is 2. The van der Waals surface area contributed by atoms with Gasteiger partial charge in [0.1, 0.15) is 5.70 Å². The van der Waals surface area contributed by atoms with Crippen molar-refractivity contribution >= 4 is 23.6 Å². The molecular weight excluding hydrogens is 419 g/mol. The Morgan fingerprint density at radius 1 is 0.906 bits per heavy atom. The lowest BCUT2D eigenvalue weighted by Crippen LogP contribution is -2.34. The summed E-state index contributed by atoms with van der Waals surface area (Å²) in [6, 6.07) is 19.6. The van der Waals surface area contributed by atoms with Gasteiger partial charge in [-0.2, -0.15) is 13.2 Å². The summed E-state index contributed by atoms with van der Waals surface area (Å²) in [5.41, 5.74) is 5.69. The van der Waals surface area contributed by atoms with E-state index >= 15 is 0 Å². The summed E-state index contributed by atoms with van der Waals surface area (Å²) in [4.78, 5) is 25.4. The van der Waals surface area contributed by atoms with Crippen LogP contribution in [0.2, 0.25) is 0 Å². The van der Waals surface area contributed by atoms with Crippen LogP contribution in [0, 0.1) is 0 Å². The van der Waals surface area contributed by atoms with E-state index in [2.05, 4.69) is 10.6 Å². The first-order valence-corrected chi connectivity index (χ1v) is 9.61. The van der Waals surface area contributed by atoms with E-state index in [-0.39, 0.29) is 23.4 Å². The first kappa shape index (κ1) is 22.6. The van der Waals surface area contributed by atoms with Gasteiger partial charge in [-0.1, -0.05) is 48.5 Å². The Balaban J connectivity index is 1.91. The van der Waals surface area contributed by atoms with E-state index in [0.29, 0.717) is 11.3 Å². The summed E-state index contributed by atoms with van der Waals surface area (Å²) in [7, 11) is 0. The molecule has 5 nitrogen and oxygen atoms in total. The fourth-order valence-corrected chi connectivity index (χ4v) is 2.96. The minimum absolute atomic E-state index is 0.0728. The third-order valence-corrected chi connectivity index (χ3v) is 4.50. The van der Waals surface area contributed by atoms with Crippen LogP contribution in [-0.2, 0) is 17.5 Å². The third kappa shape index (κ3) is 5.98. The van der Waals surface area contributed by atoms with Crippen molar-refractivity contribution in [2.24, 2.45) is 0 Å². The molecule has 0 aliphatic rings. The van der Waals surface area contributed by atoms with E-state index in [9.17, 15) is 22.8 Å². The lowest BCUT2D eigenvalue weighted by molar-refractivity contribution is -0.137. The van der Waals surface area contributed by atoms with Crippen LogP contribution in [0.4, 0.5) is 18.9 Å². The van der Waals surface area contributed by atoms with E-state index in [0.717, 1.165) is 12.1 Å². The van der Waals surface area contributed by atoms with Gasteiger partial charge in [-0.05, 0) is 47.5 Å². The summed E-state index contributed by atoms with van der Waals surface area (Å²) >= 11 is 0. The molecule has 3 aromatic carbocycles. The van der Waals surface area contributed by atoms with Crippen molar-refractivity contribution in [1.82, 2.24) is 10.6 Å². The molecule has 8 heteroatoms. The van der Waals surface area contributed by atoms with Gasteiger partial charge in [-0.15, -0.1) is 0 Å². The minimum Gasteiger partial charge on any atom is -0.399 e. The van der Waals surface area contributed by atoms with Crippen LogP contribution in [0.1, 0.15) is 27.0 Å². The molecule has 2 amide bonds. The molecule has 0 heterocycles. The van der Waals surface area contributed by atoms with Crippen molar-refractivity contribution in [3.63, 3.8) is 0 Å². The smallest absolute Gasteiger partial charge is 0.399 e. The maximum atomic E-state index is 13.4. The third-order valence-electron chi connectivity index (χ3n) is 4.50. The Kier molecular flexibility index (Phi) is 6.94. The van der Waals surface area contributed by atoms with Crippen LogP contribution in [0.25, 0.3) is 6.08 Å². The summed E-state index contributed by atoms with van der Waals surface area (Å²) < 4.78 is 40.2. The van der Waals surface area contributed by atoms with E-state index in [1.54, 1.807) is 42.5 Å². The minimum atomic E-state index is -4.63. The first-order valence-electron chi connectivity index (χ1n) is 9.61. The molecular formula is C24H20F3N3O2. The summed E-state index contributed by atoms with van der Waals surface area (Å²) in [5.74, 6) is -1.37. The molecule has 0 spiro atoms. The van der Waals surface area contributed by atoms with Crippen molar-refractivity contribution in [3.05, 3.63) is 107 Å². The number of hydrogen-bond donors (Lipinski definition) is 3. The number of amides is 2. The van der Waals surface area contributed by atoms with E-state index < -0.39 is 23.6 Å². The summed E-state index contributed by atoms with van der Waals surface area (Å²) in [6.45, 7) is 0.0728. The largest absolute Gasteiger partial charge is 0.416 e. The number of alkyl halides is 3. The number of anilines is 1. The second kappa shape index (κ2) is 9.82. The standard InChI is InChI=1S/C24H20F3N3O2/c25-24(26,27)20-12-5-4-10-18(20)14-21(30-22(31)17-8-2-1-3-9-17)23(32)29-15-16-7-6-11-19(28)13-16/h1-14H,15,28H2,(H,29,32)(H,30,31)/b21-14+. The predicted molar refractivity (Wildman–Crippen MR) is 116 cm³/mol. The van der Waals surface area contributed by atoms with Crippen molar-refractivity contribution in [3.8, 4) is 0 Å². The molecule has 0 unspecified atom stereocenters. The monoisotopic (exact) mass is 439 g/mol. The fourth-order valence-electron chi connectivity index (χ4n) is 2.96. The SMILES string of the molecule is Nc1cccc(CNC(=O)/C(=C\c2ccccc2C(F)(F)F)NC(=O)c2ccccc2)c1. The van der Waals surface area contributed by atoms with Crippen LogP contribution in [0.3, 0.4) is 0 Å². The van der Waals surface area contributed by atoms with E-state index in [1.165, 1.54) is 30.3 Å². The van der Waals surface area contributed by atoms with Crippen LogP contribution >= 0.6 is 0 Å². The van der Waals surface area contributed by atoms with Crippen LogP contribution in [0.15, 0.2) is 84.6 Å². The van der Waals surface area contributed by atoms with Gasteiger partial charge < -0.3 is 16.4 Å². The predicted octanol–water partition coefficient (Wildman–Crippen LogP) is 4.37. The average Bonchev–Trinajstić information content (AvgIpc) is 2.77. The van der Waals surface area contributed by atoms with Gasteiger partial charge in [-0.3, -0.25) is 9.59 Å². The van der Waals surface area contributed by atoms with Gasteiger partial charge in [0, 0.05) is 17.8 Å². The zero-order valence-electron chi connectivity index (χ0n) is 16.8. The number of halogens is 3. The summed E-state index contributed by atoms with van der Waals surface area (Å²) in [5, 5.41) is 5.03. The zero-order chi connectivity index (χ0) is 23.1. The van der Waals surface area contributed by atoms with E-state index in [4.69, 9.17) is 5.73 Å². The molecule has 3 rings (SSSR count). The Morgan fingerprint density at radius 2 is 1.59 bits per heavy atom. The molecule has 0 radical (unpaired) electrons. The topological polar surface area (TPSA) is 84.2 Å². The molecule has 32 heavy (non-hydrogen) atoms. The fraction of sp³-hybridized carbons (Fsp3) is 0.0833. The summed E-state index contributed by atoms with van der Waals surface area (Å²) in [6.07, 6.45) is -3.61. The van der Waals surface area contributed by atoms with Crippen molar-refractivity contribution in [2.75, 3.05) is 5.73 Å². The van der Waals surface area contributed by atoms with Crippen LogP contribution in [0.5, 0.6) is 0 Å². The zero-order valence-corrected chi connectivity index (χ0v) is 16.8. The number of nitrogen functional groups attached to an aromatic ring is 1. The molecule has 0 aliphatic carbocycles. The lowest BCUT2D eigenvalue weighted by atomic mass is 10.1. The van der Waals surface area contributed by atoms with Crippen LogP contribution < -0.4 is 16.4 Å². The highest BCUT2D eigenvalue weighted by molar-refractivity contribution is 6.05. The number of nitrogens with two attached hydrogens (primary N) is 1. The number of nitrogens with one attached hydrogen (secondary N) is 2. The number of hydrogen-bond acceptors (Lipinski definition) is 3. The quantitative estimate of drug-likeness (QED) is 0.394. The highest BCUT2D eigenvalue weighted by atomic mass is 19.4. The molecule has 4 N–H and O–H groups in total. The second-order valence-corrected chi connectivity index (χ2v) is 6.89. The van der Waals surface area contributed by atoms with Gasteiger partial charge in [0.2, 0.25) is 0 Å². The van der Waals surface area contributed by atoms with Crippen LogP contribution in [-0.4, -0.2) is 11.8 Å². The first-order chi connectivity index (χ1) is 15.2. The molecule has 0 saturated carbocycles. The number of benzene rings is 3. The van der Waals surface area contributed by atoms with Gasteiger partial charge in [0.15, 0.2) is 0 Å². The Bertz CT molecular complexity index is 1140. The Morgan fingerprint density at radius 3 is 2.28 bits per heavy atom. The maximum Gasteiger partial charge on any atom is 0.416 e. The Hall–Kier alpha value is -4.07. The molecule has 3 aromatic rings. The van der Waals surface area contributed by atoms with Gasteiger partial charge in [-0.25, -0.2) is 0 Å². The Labute approximate surface area is 182 Å². The van der Waals surface area contributed by atoms with E-state index in [1.807, 2.05) is 0 Å². The highest BCUT2D eigenvalue weighted by Crippen LogP contribution is 2.32. The molecule has 0 aliphatic heterocycles. The highest BCUT2D eigenvalue weighted by Gasteiger charge is 2.32. The molecule has 0 atom stereocenters. The number of carbonyl (C=O) groups is 2. The van der Waals surface area contributed by atoms with Gasteiger partial charge in [0.05, 0.1) is 5.56 Å². The molecule has 0 fully saturated rings. The second-order valence-electron chi connectivity index (χ2n) is 6.89. The molecule has 0 bridgehead atoms. The number of rotatable bonds is 6. The van der Waals surface area contributed by atoms with Crippen molar-refractivity contribution < 1.29 is 22.8 Å². The van der Waals surface area contributed by atoms with Crippen molar-refractivity contribution in [2.45, 2.75) is 12.7 Å². The van der Waals surface area contributed by atoms with Crippen molar-refractivity contribution in [1.29, 1.82) is 0 Å². The maximum absolute atomic E-state index is 13.4. The van der Waals surface area contributed by atoms with Gasteiger partial charge in [0.25, 0.3) is 11.8 Å². The lowest BCUT2D eigenvalue weighted by Gasteiger charge is -2.14. The average molecular weight is 439 g/mol.